The molecule has 2 heterocycles. The second kappa shape index (κ2) is 6.54. The molecule has 1 aromatic heterocycles. The number of sulfonamides is 1. The van der Waals surface area contributed by atoms with Gasteiger partial charge in [-0.1, -0.05) is 0 Å². The molecule has 1 fully saturated rings. The molecular formula is C16H23N5O2S. The maximum atomic E-state index is 11.3. The van der Waals surface area contributed by atoms with Crippen molar-refractivity contribution in [1.29, 1.82) is 0 Å². The number of benzene rings is 1. The highest BCUT2D eigenvalue weighted by molar-refractivity contribution is 7.89. The van der Waals surface area contributed by atoms with E-state index >= 15 is 0 Å². The van der Waals surface area contributed by atoms with Crippen molar-refractivity contribution in [3.8, 4) is 0 Å². The Kier molecular flexibility index (Phi) is 4.62. The van der Waals surface area contributed by atoms with Crippen LogP contribution in [-0.4, -0.2) is 49.3 Å². The van der Waals surface area contributed by atoms with Gasteiger partial charge in [-0.3, -0.25) is 9.58 Å². The van der Waals surface area contributed by atoms with E-state index in [2.05, 4.69) is 27.9 Å². The van der Waals surface area contributed by atoms with Crippen LogP contribution in [0.25, 0.3) is 0 Å². The van der Waals surface area contributed by atoms with E-state index in [1.54, 1.807) is 12.1 Å². The molecule has 1 aromatic carbocycles. The van der Waals surface area contributed by atoms with E-state index in [0.29, 0.717) is 0 Å². The Labute approximate surface area is 142 Å². The molecule has 2 aromatic rings. The van der Waals surface area contributed by atoms with Crippen molar-refractivity contribution in [2.75, 3.05) is 31.1 Å². The zero-order chi connectivity index (χ0) is 17.3. The lowest BCUT2D eigenvalue weighted by molar-refractivity contribution is 0.246. The molecule has 7 nitrogen and oxygen atoms in total. The number of primary sulfonamides is 1. The fourth-order valence-electron chi connectivity index (χ4n) is 2.95. The molecule has 0 saturated carbocycles. The molecule has 0 unspecified atom stereocenters. The molecule has 1 aliphatic heterocycles. The number of anilines is 1. The monoisotopic (exact) mass is 349 g/mol. The van der Waals surface area contributed by atoms with Crippen LogP contribution in [0.15, 0.2) is 35.2 Å². The molecule has 0 spiro atoms. The van der Waals surface area contributed by atoms with Crippen LogP contribution < -0.4 is 10.0 Å². The zero-order valence-corrected chi connectivity index (χ0v) is 14.8. The topological polar surface area (TPSA) is 84.5 Å². The minimum atomic E-state index is -3.63. The molecule has 1 aliphatic rings. The van der Waals surface area contributed by atoms with Gasteiger partial charge in [0.1, 0.15) is 0 Å². The van der Waals surface area contributed by atoms with E-state index in [9.17, 15) is 8.42 Å². The van der Waals surface area contributed by atoms with Crippen LogP contribution in [0.3, 0.4) is 0 Å². The van der Waals surface area contributed by atoms with E-state index in [0.717, 1.165) is 44.1 Å². The first-order valence-corrected chi connectivity index (χ1v) is 9.47. The molecule has 2 N–H and O–H groups in total. The average Bonchev–Trinajstić information content (AvgIpc) is 2.85. The predicted molar refractivity (Wildman–Crippen MR) is 93.3 cm³/mol. The first-order valence-electron chi connectivity index (χ1n) is 7.92. The lowest BCUT2D eigenvalue weighted by Gasteiger charge is -2.35. The number of nitrogens with zero attached hydrogens (tertiary/aromatic N) is 4. The third-order valence-electron chi connectivity index (χ3n) is 4.45. The summed E-state index contributed by atoms with van der Waals surface area (Å²) in [6.45, 7) is 6.62. The zero-order valence-electron chi connectivity index (χ0n) is 14.0. The summed E-state index contributed by atoms with van der Waals surface area (Å²) in [6, 6.07) is 8.88. The van der Waals surface area contributed by atoms with Gasteiger partial charge < -0.3 is 4.90 Å². The van der Waals surface area contributed by atoms with Crippen LogP contribution in [0.4, 0.5) is 5.69 Å². The molecule has 8 heteroatoms. The number of aromatic nitrogens is 2. The fourth-order valence-corrected chi connectivity index (χ4v) is 3.47. The van der Waals surface area contributed by atoms with Gasteiger partial charge >= 0.3 is 0 Å². The second-order valence-corrected chi connectivity index (χ2v) is 7.76. The lowest BCUT2D eigenvalue weighted by atomic mass is 10.2. The molecule has 1 saturated heterocycles. The van der Waals surface area contributed by atoms with Crippen LogP contribution in [0, 0.1) is 6.92 Å². The SMILES string of the molecule is Cc1cc(CN2CCN(c3ccc(S(N)(=O)=O)cc3)CC2)nn1C. The maximum Gasteiger partial charge on any atom is 0.238 e. The first kappa shape index (κ1) is 16.9. The van der Waals surface area contributed by atoms with Gasteiger partial charge in [0, 0.05) is 51.2 Å². The van der Waals surface area contributed by atoms with Gasteiger partial charge in [0.05, 0.1) is 10.6 Å². The molecule has 24 heavy (non-hydrogen) atoms. The molecule has 0 atom stereocenters. The summed E-state index contributed by atoms with van der Waals surface area (Å²) in [5.41, 5.74) is 3.29. The number of hydrogen-bond acceptors (Lipinski definition) is 5. The molecule has 0 bridgehead atoms. The van der Waals surface area contributed by atoms with Gasteiger partial charge in [-0.25, -0.2) is 13.6 Å². The number of nitrogens with two attached hydrogens (primary N) is 1. The minimum Gasteiger partial charge on any atom is -0.369 e. The van der Waals surface area contributed by atoms with Crippen molar-refractivity contribution in [3.05, 3.63) is 41.7 Å². The Morgan fingerprint density at radius 3 is 2.25 bits per heavy atom. The highest BCUT2D eigenvalue weighted by Crippen LogP contribution is 2.19. The Morgan fingerprint density at radius 1 is 1.12 bits per heavy atom. The summed E-state index contributed by atoms with van der Waals surface area (Å²) in [6.07, 6.45) is 0. The number of piperazine rings is 1. The van der Waals surface area contributed by atoms with Crippen LogP contribution >= 0.6 is 0 Å². The van der Waals surface area contributed by atoms with Crippen LogP contribution in [-0.2, 0) is 23.6 Å². The minimum absolute atomic E-state index is 0.149. The highest BCUT2D eigenvalue weighted by Gasteiger charge is 2.19. The van der Waals surface area contributed by atoms with Crippen LogP contribution in [0.2, 0.25) is 0 Å². The van der Waals surface area contributed by atoms with Gasteiger partial charge in [0.25, 0.3) is 0 Å². The van der Waals surface area contributed by atoms with Crippen LogP contribution in [0.1, 0.15) is 11.4 Å². The van der Waals surface area contributed by atoms with Gasteiger partial charge in [-0.2, -0.15) is 5.10 Å². The van der Waals surface area contributed by atoms with E-state index < -0.39 is 10.0 Å². The summed E-state index contributed by atoms with van der Waals surface area (Å²) in [5, 5.41) is 9.64. The van der Waals surface area contributed by atoms with Gasteiger partial charge in [0.15, 0.2) is 0 Å². The van der Waals surface area contributed by atoms with Gasteiger partial charge in [-0.05, 0) is 37.3 Å². The van der Waals surface area contributed by atoms with E-state index in [1.165, 1.54) is 5.69 Å². The van der Waals surface area contributed by atoms with E-state index in [-0.39, 0.29) is 4.90 Å². The predicted octanol–water partition coefficient (Wildman–Crippen LogP) is 0.698. The van der Waals surface area contributed by atoms with Crippen molar-refractivity contribution in [3.63, 3.8) is 0 Å². The summed E-state index contributed by atoms with van der Waals surface area (Å²) in [4.78, 5) is 4.79. The Bertz CT molecular complexity index is 786. The van der Waals surface area contributed by atoms with Crippen molar-refractivity contribution < 1.29 is 8.42 Å². The fraction of sp³-hybridized carbons (Fsp3) is 0.438. The molecule has 0 amide bonds. The summed E-state index contributed by atoms with van der Waals surface area (Å²) in [7, 11) is -1.67. The third kappa shape index (κ3) is 3.77. The van der Waals surface area contributed by atoms with Crippen molar-refractivity contribution in [2.24, 2.45) is 12.2 Å². The maximum absolute atomic E-state index is 11.3. The number of hydrogen-bond donors (Lipinski definition) is 1. The quantitative estimate of drug-likeness (QED) is 0.878. The molecule has 0 aliphatic carbocycles. The molecule has 3 rings (SSSR count). The van der Waals surface area contributed by atoms with Crippen LogP contribution in [0.5, 0.6) is 0 Å². The van der Waals surface area contributed by atoms with Crippen molar-refractivity contribution in [1.82, 2.24) is 14.7 Å². The molecule has 0 radical (unpaired) electrons. The van der Waals surface area contributed by atoms with Crippen molar-refractivity contribution >= 4 is 15.7 Å². The normalized spacial score (nSPS) is 16.5. The molecule has 130 valence electrons. The summed E-state index contributed by atoms with van der Waals surface area (Å²) >= 11 is 0. The number of aryl methyl sites for hydroxylation is 2. The Hall–Kier alpha value is -1.90. The summed E-state index contributed by atoms with van der Waals surface area (Å²) < 4.78 is 24.5. The Balaban J connectivity index is 1.58. The van der Waals surface area contributed by atoms with E-state index in [4.69, 9.17) is 5.14 Å². The lowest BCUT2D eigenvalue weighted by Crippen LogP contribution is -2.46. The van der Waals surface area contributed by atoms with E-state index in [1.807, 2.05) is 23.9 Å². The first-order chi connectivity index (χ1) is 11.3. The second-order valence-electron chi connectivity index (χ2n) is 6.20. The Morgan fingerprint density at radius 2 is 1.75 bits per heavy atom. The van der Waals surface area contributed by atoms with Crippen molar-refractivity contribution in [2.45, 2.75) is 18.4 Å². The molecular weight excluding hydrogens is 326 g/mol. The standard InChI is InChI=1S/C16H23N5O2S/c1-13-11-14(18-19(13)2)12-20-7-9-21(10-8-20)15-3-5-16(6-4-15)24(17,22)23/h3-6,11H,7-10,12H2,1-2H3,(H2,17,22,23). The van der Waals surface area contributed by atoms with Gasteiger partial charge in [-0.15, -0.1) is 0 Å². The summed E-state index contributed by atoms with van der Waals surface area (Å²) in [5.74, 6) is 0. The number of rotatable bonds is 4. The van der Waals surface area contributed by atoms with Gasteiger partial charge in [0.2, 0.25) is 10.0 Å². The third-order valence-corrected chi connectivity index (χ3v) is 5.38. The largest absolute Gasteiger partial charge is 0.369 e. The smallest absolute Gasteiger partial charge is 0.238 e. The average molecular weight is 349 g/mol. The highest BCUT2D eigenvalue weighted by atomic mass is 32.2.